The fourth-order valence-electron chi connectivity index (χ4n) is 3.60. The summed E-state index contributed by atoms with van der Waals surface area (Å²) in [5.74, 6) is -0.944. The molecule has 184 valence electrons. The van der Waals surface area contributed by atoms with Gasteiger partial charge in [0.15, 0.2) is 0 Å². The van der Waals surface area contributed by atoms with E-state index in [1.807, 2.05) is 63.2 Å². The monoisotopic (exact) mass is 511 g/mol. The van der Waals surface area contributed by atoms with Crippen LogP contribution < -0.4 is 10.6 Å². The van der Waals surface area contributed by atoms with Gasteiger partial charge < -0.3 is 15.5 Å². The van der Waals surface area contributed by atoms with Gasteiger partial charge in [0.2, 0.25) is 11.8 Å². The quantitative estimate of drug-likeness (QED) is 0.430. The Labute approximate surface area is 215 Å². The van der Waals surface area contributed by atoms with E-state index in [0.29, 0.717) is 21.9 Å². The van der Waals surface area contributed by atoms with E-state index in [1.54, 1.807) is 34.5 Å². The molecule has 3 amide bonds. The van der Waals surface area contributed by atoms with E-state index >= 15 is 0 Å². The van der Waals surface area contributed by atoms with E-state index in [0.717, 1.165) is 5.56 Å². The zero-order valence-electron chi connectivity index (χ0n) is 20.1. The minimum absolute atomic E-state index is 0.219. The van der Waals surface area contributed by atoms with Crippen molar-refractivity contribution >= 4 is 40.7 Å². The van der Waals surface area contributed by atoms with Gasteiger partial charge in [-0.15, -0.1) is 11.3 Å². The van der Waals surface area contributed by atoms with E-state index in [4.69, 9.17) is 11.6 Å². The number of carbonyl (C=O) groups is 3. The van der Waals surface area contributed by atoms with Gasteiger partial charge in [0.05, 0.1) is 11.4 Å². The van der Waals surface area contributed by atoms with Gasteiger partial charge in [0.25, 0.3) is 5.91 Å². The third-order valence-electron chi connectivity index (χ3n) is 5.19. The first-order chi connectivity index (χ1) is 16.6. The summed E-state index contributed by atoms with van der Waals surface area (Å²) in [6.07, 6.45) is 0.522. The molecule has 1 aromatic heterocycles. The molecule has 3 rings (SSSR count). The number of carbonyl (C=O) groups excluding carboxylic acids is 3. The van der Waals surface area contributed by atoms with Gasteiger partial charge in [-0.25, -0.2) is 0 Å². The van der Waals surface area contributed by atoms with E-state index in [1.165, 1.54) is 11.3 Å². The van der Waals surface area contributed by atoms with Crippen LogP contribution in [0.3, 0.4) is 0 Å². The van der Waals surface area contributed by atoms with Crippen LogP contribution in [0.4, 0.5) is 0 Å². The fourth-order valence-corrected chi connectivity index (χ4v) is 4.36. The largest absolute Gasteiger partial charge is 0.349 e. The smallest absolute Gasteiger partial charge is 0.261 e. The zero-order valence-corrected chi connectivity index (χ0v) is 21.7. The molecule has 0 aliphatic rings. The van der Waals surface area contributed by atoms with Crippen LogP contribution in [-0.2, 0) is 16.0 Å². The van der Waals surface area contributed by atoms with Gasteiger partial charge in [-0.05, 0) is 61.9 Å². The second-order valence-electron chi connectivity index (χ2n) is 9.18. The molecule has 0 fully saturated rings. The highest BCUT2D eigenvalue weighted by atomic mass is 35.5. The maximum atomic E-state index is 13.5. The van der Waals surface area contributed by atoms with Gasteiger partial charge in [0, 0.05) is 17.1 Å². The molecule has 6 nitrogen and oxygen atoms in total. The van der Waals surface area contributed by atoms with Gasteiger partial charge in [-0.3, -0.25) is 14.4 Å². The third kappa shape index (κ3) is 7.94. The number of nitrogens with one attached hydrogen (secondary N) is 2. The van der Waals surface area contributed by atoms with Crippen molar-refractivity contribution in [1.82, 2.24) is 15.5 Å². The van der Waals surface area contributed by atoms with Crippen molar-refractivity contribution in [3.05, 3.63) is 93.1 Å². The first-order valence-corrected chi connectivity index (χ1v) is 12.6. The number of hydrogen-bond acceptors (Lipinski definition) is 4. The van der Waals surface area contributed by atoms with Crippen LogP contribution in [0, 0.1) is 0 Å². The summed E-state index contributed by atoms with van der Waals surface area (Å²) < 4.78 is 0. The van der Waals surface area contributed by atoms with Gasteiger partial charge in [0.1, 0.15) is 6.04 Å². The Balaban J connectivity index is 1.88. The maximum Gasteiger partial charge on any atom is 0.261 e. The summed E-state index contributed by atoms with van der Waals surface area (Å²) in [5.41, 5.74) is 1.20. The van der Waals surface area contributed by atoms with Gasteiger partial charge in [-0.1, -0.05) is 60.1 Å². The molecular formula is C27H30ClN3O3S. The molecule has 0 radical (unpaired) electrons. The summed E-state index contributed by atoms with van der Waals surface area (Å²) in [6.45, 7) is 5.76. The van der Waals surface area contributed by atoms with Crippen molar-refractivity contribution < 1.29 is 14.4 Å². The first kappa shape index (κ1) is 26.4. The van der Waals surface area contributed by atoms with Crippen LogP contribution in [0.25, 0.3) is 0 Å². The van der Waals surface area contributed by atoms with Crippen LogP contribution >= 0.6 is 22.9 Å². The lowest BCUT2D eigenvalue weighted by Gasteiger charge is -2.34. The summed E-state index contributed by atoms with van der Waals surface area (Å²) in [7, 11) is 0. The molecule has 2 aromatic carbocycles. The van der Waals surface area contributed by atoms with Crippen molar-refractivity contribution in [2.75, 3.05) is 13.1 Å². The average molecular weight is 512 g/mol. The lowest BCUT2D eigenvalue weighted by atomic mass is 10.0. The Kier molecular flexibility index (Phi) is 9.07. The van der Waals surface area contributed by atoms with Crippen LogP contribution in [0.15, 0.2) is 72.1 Å². The summed E-state index contributed by atoms with van der Waals surface area (Å²) in [5, 5.41) is 8.14. The van der Waals surface area contributed by atoms with Crippen LogP contribution in [0.2, 0.25) is 5.02 Å². The molecule has 1 atom stereocenters. The predicted octanol–water partition coefficient (Wildman–Crippen LogP) is 4.86. The van der Waals surface area contributed by atoms with Crippen LogP contribution in [0.1, 0.15) is 47.6 Å². The number of hydrogen-bond donors (Lipinski definition) is 2. The number of amides is 3. The summed E-state index contributed by atoms with van der Waals surface area (Å²) in [4.78, 5) is 41.5. The molecule has 3 aromatic rings. The highest BCUT2D eigenvalue weighted by Crippen LogP contribution is 2.23. The zero-order chi connectivity index (χ0) is 25.4. The second kappa shape index (κ2) is 12.0. The third-order valence-corrected chi connectivity index (χ3v) is 6.31. The van der Waals surface area contributed by atoms with Crippen molar-refractivity contribution in [2.24, 2.45) is 0 Å². The molecule has 8 heteroatoms. The van der Waals surface area contributed by atoms with Gasteiger partial charge >= 0.3 is 0 Å². The normalized spacial score (nSPS) is 12.0. The Bertz CT molecular complexity index is 1130. The topological polar surface area (TPSA) is 78.5 Å². The minimum atomic E-state index is -0.853. The highest BCUT2D eigenvalue weighted by molar-refractivity contribution is 7.12. The molecule has 0 aliphatic carbocycles. The first-order valence-electron chi connectivity index (χ1n) is 11.4. The molecule has 0 spiro atoms. The summed E-state index contributed by atoms with van der Waals surface area (Å²) in [6, 6.07) is 19.2. The minimum Gasteiger partial charge on any atom is -0.349 e. The Morgan fingerprint density at radius 1 is 0.971 bits per heavy atom. The molecule has 0 saturated carbocycles. The molecule has 1 heterocycles. The number of thiophene rings is 1. The lowest BCUT2D eigenvalue weighted by Crippen LogP contribution is -2.51. The van der Waals surface area contributed by atoms with E-state index in [2.05, 4.69) is 10.6 Å². The Morgan fingerprint density at radius 2 is 1.66 bits per heavy atom. The molecule has 0 bridgehead atoms. The van der Waals surface area contributed by atoms with Crippen molar-refractivity contribution in [2.45, 2.75) is 38.8 Å². The molecule has 2 N–H and O–H groups in total. The Morgan fingerprint density at radius 3 is 2.26 bits per heavy atom. The molecular weight excluding hydrogens is 482 g/mol. The SMILES string of the molecule is CC(C)(C)NC(=O)[C@H](c1ccccc1)N(CCc1ccc(Cl)cc1)C(=O)CNC(=O)c1cccs1. The molecule has 0 saturated heterocycles. The van der Waals surface area contributed by atoms with Crippen LogP contribution in [0.5, 0.6) is 0 Å². The van der Waals surface area contributed by atoms with Gasteiger partial charge in [-0.2, -0.15) is 0 Å². The standard InChI is InChI=1S/C27H30ClN3O3S/c1-27(2,3)30-26(34)24(20-8-5-4-6-9-20)31(16-15-19-11-13-21(28)14-12-19)23(32)18-29-25(33)22-10-7-17-35-22/h4-14,17,24H,15-16,18H2,1-3H3,(H,29,33)(H,30,34)/t24-/m0/s1. The second-order valence-corrected chi connectivity index (χ2v) is 10.6. The summed E-state index contributed by atoms with van der Waals surface area (Å²) >= 11 is 7.32. The average Bonchev–Trinajstić information content (AvgIpc) is 3.35. The lowest BCUT2D eigenvalue weighted by molar-refractivity contribution is -0.140. The Hall–Kier alpha value is -3.16. The number of benzene rings is 2. The fraction of sp³-hybridized carbons (Fsp3) is 0.296. The van der Waals surface area contributed by atoms with E-state index in [-0.39, 0.29) is 30.8 Å². The van der Waals surface area contributed by atoms with E-state index in [9.17, 15) is 14.4 Å². The van der Waals surface area contributed by atoms with Crippen molar-refractivity contribution in [3.8, 4) is 0 Å². The predicted molar refractivity (Wildman–Crippen MR) is 141 cm³/mol. The van der Waals surface area contributed by atoms with E-state index < -0.39 is 11.6 Å². The number of halogens is 1. The molecule has 0 aliphatic heterocycles. The maximum absolute atomic E-state index is 13.5. The van der Waals surface area contributed by atoms with Crippen LogP contribution in [-0.4, -0.2) is 41.2 Å². The van der Waals surface area contributed by atoms with Crippen molar-refractivity contribution in [3.63, 3.8) is 0 Å². The molecule has 0 unspecified atom stereocenters. The van der Waals surface area contributed by atoms with Crippen molar-refractivity contribution in [1.29, 1.82) is 0 Å². The number of nitrogens with zero attached hydrogens (tertiary/aromatic N) is 1. The number of rotatable bonds is 9. The molecule has 35 heavy (non-hydrogen) atoms. The highest BCUT2D eigenvalue weighted by Gasteiger charge is 2.33.